The molecule has 1 aliphatic rings. The number of ether oxygens (including phenoxy) is 2. The first-order valence-corrected chi connectivity index (χ1v) is 3.87. The molecule has 3 N–H and O–H groups in total. The standard InChI is InChI=1S/C7H14N2O2/c8-7(9)11-5-6-3-1-2-4-10-6/h6H,1-5H2,(H3,8,9). The first-order chi connectivity index (χ1) is 5.29. The lowest BCUT2D eigenvalue weighted by molar-refractivity contribution is -0.0144. The van der Waals surface area contributed by atoms with Crippen LogP contribution in [0.2, 0.25) is 0 Å². The number of nitrogens with one attached hydrogen (secondary N) is 1. The molecule has 0 bridgehead atoms. The second-order valence-corrected chi connectivity index (χ2v) is 2.66. The van der Waals surface area contributed by atoms with E-state index in [4.69, 9.17) is 20.6 Å². The monoisotopic (exact) mass is 158 g/mol. The van der Waals surface area contributed by atoms with Crippen LogP contribution in [0.3, 0.4) is 0 Å². The zero-order valence-electron chi connectivity index (χ0n) is 6.51. The Bertz CT molecular complexity index is 132. The molecule has 1 atom stereocenters. The fraction of sp³-hybridized carbons (Fsp3) is 0.857. The third-order valence-electron chi connectivity index (χ3n) is 1.70. The normalized spacial score (nSPS) is 24.5. The van der Waals surface area contributed by atoms with E-state index in [0.717, 1.165) is 19.4 Å². The van der Waals surface area contributed by atoms with Crippen LogP contribution in [0.4, 0.5) is 0 Å². The average Bonchev–Trinajstić information content (AvgIpc) is 2.03. The predicted octanol–water partition coefficient (Wildman–Crippen LogP) is 0.466. The van der Waals surface area contributed by atoms with Crippen LogP contribution in [-0.2, 0) is 9.47 Å². The molecule has 4 heteroatoms. The van der Waals surface area contributed by atoms with Crippen LogP contribution < -0.4 is 5.73 Å². The van der Waals surface area contributed by atoms with Crippen molar-refractivity contribution in [2.24, 2.45) is 5.73 Å². The predicted molar refractivity (Wildman–Crippen MR) is 41.5 cm³/mol. The molecule has 0 aliphatic carbocycles. The molecule has 1 heterocycles. The van der Waals surface area contributed by atoms with Crippen LogP contribution >= 0.6 is 0 Å². The summed E-state index contributed by atoms with van der Waals surface area (Å²) >= 11 is 0. The summed E-state index contributed by atoms with van der Waals surface area (Å²) < 4.78 is 10.2. The van der Waals surface area contributed by atoms with Crippen molar-refractivity contribution in [1.82, 2.24) is 0 Å². The number of hydrogen-bond donors (Lipinski definition) is 2. The van der Waals surface area contributed by atoms with E-state index in [2.05, 4.69) is 0 Å². The third-order valence-corrected chi connectivity index (χ3v) is 1.70. The zero-order valence-corrected chi connectivity index (χ0v) is 6.51. The number of amidine groups is 1. The van der Waals surface area contributed by atoms with Crippen LogP contribution in [0, 0.1) is 5.41 Å². The van der Waals surface area contributed by atoms with Gasteiger partial charge >= 0.3 is 0 Å². The minimum atomic E-state index is -0.223. The van der Waals surface area contributed by atoms with Gasteiger partial charge in [0.25, 0.3) is 6.02 Å². The van der Waals surface area contributed by atoms with Gasteiger partial charge in [0.05, 0.1) is 6.10 Å². The van der Waals surface area contributed by atoms with E-state index in [1.807, 2.05) is 0 Å². The first-order valence-electron chi connectivity index (χ1n) is 3.87. The van der Waals surface area contributed by atoms with E-state index in [9.17, 15) is 0 Å². The summed E-state index contributed by atoms with van der Waals surface area (Å²) in [6.45, 7) is 1.24. The third kappa shape index (κ3) is 3.23. The molecule has 1 aliphatic heterocycles. The second kappa shape index (κ2) is 4.18. The van der Waals surface area contributed by atoms with Gasteiger partial charge in [-0.15, -0.1) is 0 Å². The van der Waals surface area contributed by atoms with E-state index in [1.165, 1.54) is 6.42 Å². The van der Waals surface area contributed by atoms with Gasteiger partial charge in [-0.25, -0.2) is 0 Å². The molecular formula is C7H14N2O2. The molecule has 0 aromatic heterocycles. The van der Waals surface area contributed by atoms with Gasteiger partial charge in [-0.05, 0) is 19.3 Å². The molecule has 1 unspecified atom stereocenters. The van der Waals surface area contributed by atoms with Crippen LogP contribution in [0.1, 0.15) is 19.3 Å². The van der Waals surface area contributed by atoms with Crippen molar-refractivity contribution in [1.29, 1.82) is 5.41 Å². The van der Waals surface area contributed by atoms with E-state index >= 15 is 0 Å². The van der Waals surface area contributed by atoms with Crippen molar-refractivity contribution in [3.8, 4) is 0 Å². The van der Waals surface area contributed by atoms with Gasteiger partial charge in [0.15, 0.2) is 0 Å². The largest absolute Gasteiger partial charge is 0.463 e. The Kier molecular flexibility index (Phi) is 3.16. The fourth-order valence-electron chi connectivity index (χ4n) is 1.12. The summed E-state index contributed by atoms with van der Waals surface area (Å²) in [5.41, 5.74) is 5.02. The minimum absolute atomic E-state index is 0.146. The molecule has 1 saturated heterocycles. The van der Waals surface area contributed by atoms with Gasteiger partial charge in [0.1, 0.15) is 6.61 Å². The highest BCUT2D eigenvalue weighted by atomic mass is 16.5. The number of hydrogen-bond acceptors (Lipinski definition) is 3. The topological polar surface area (TPSA) is 68.3 Å². The fourth-order valence-corrected chi connectivity index (χ4v) is 1.12. The molecule has 0 spiro atoms. The van der Waals surface area contributed by atoms with Crippen molar-refractivity contribution >= 4 is 6.02 Å². The lowest BCUT2D eigenvalue weighted by atomic mass is 10.1. The van der Waals surface area contributed by atoms with Crippen LogP contribution in [0.15, 0.2) is 0 Å². The molecule has 1 fully saturated rings. The van der Waals surface area contributed by atoms with E-state index in [0.29, 0.717) is 6.61 Å². The maximum Gasteiger partial charge on any atom is 0.279 e. The summed E-state index contributed by atoms with van der Waals surface area (Å²) in [6, 6.07) is -0.223. The highest BCUT2D eigenvalue weighted by Gasteiger charge is 2.13. The smallest absolute Gasteiger partial charge is 0.279 e. The summed E-state index contributed by atoms with van der Waals surface area (Å²) in [5.74, 6) is 0. The number of rotatable bonds is 2. The van der Waals surface area contributed by atoms with Gasteiger partial charge in [-0.2, -0.15) is 0 Å². The van der Waals surface area contributed by atoms with E-state index in [1.54, 1.807) is 0 Å². The van der Waals surface area contributed by atoms with Crippen LogP contribution in [0.25, 0.3) is 0 Å². The van der Waals surface area contributed by atoms with Crippen molar-refractivity contribution < 1.29 is 9.47 Å². The van der Waals surface area contributed by atoms with Gasteiger partial charge in [0.2, 0.25) is 0 Å². The zero-order chi connectivity index (χ0) is 8.10. The summed E-state index contributed by atoms with van der Waals surface area (Å²) in [7, 11) is 0. The highest BCUT2D eigenvalue weighted by Crippen LogP contribution is 2.12. The molecule has 0 aromatic rings. The lowest BCUT2D eigenvalue weighted by Gasteiger charge is -2.21. The van der Waals surface area contributed by atoms with Gasteiger partial charge < -0.3 is 15.2 Å². The molecule has 11 heavy (non-hydrogen) atoms. The molecular weight excluding hydrogens is 144 g/mol. The molecule has 0 radical (unpaired) electrons. The van der Waals surface area contributed by atoms with Crippen molar-refractivity contribution in [2.45, 2.75) is 25.4 Å². The van der Waals surface area contributed by atoms with Crippen LogP contribution in [-0.4, -0.2) is 25.3 Å². The Morgan fingerprint density at radius 2 is 2.45 bits per heavy atom. The van der Waals surface area contributed by atoms with E-state index in [-0.39, 0.29) is 12.1 Å². The van der Waals surface area contributed by atoms with Gasteiger partial charge in [-0.1, -0.05) is 0 Å². The maximum absolute atomic E-state index is 6.81. The quantitative estimate of drug-likeness (QED) is 0.453. The van der Waals surface area contributed by atoms with Crippen molar-refractivity contribution in [3.05, 3.63) is 0 Å². The van der Waals surface area contributed by atoms with Crippen molar-refractivity contribution in [3.63, 3.8) is 0 Å². The van der Waals surface area contributed by atoms with Gasteiger partial charge in [-0.3, -0.25) is 5.41 Å². The maximum atomic E-state index is 6.81. The summed E-state index contributed by atoms with van der Waals surface area (Å²) in [6.07, 6.45) is 3.49. The minimum Gasteiger partial charge on any atom is -0.463 e. The van der Waals surface area contributed by atoms with Gasteiger partial charge in [0, 0.05) is 6.61 Å². The van der Waals surface area contributed by atoms with Crippen LogP contribution in [0.5, 0.6) is 0 Å². The Morgan fingerprint density at radius 1 is 1.64 bits per heavy atom. The average molecular weight is 158 g/mol. The Hall–Kier alpha value is -0.770. The Morgan fingerprint density at radius 3 is 3.00 bits per heavy atom. The molecule has 4 nitrogen and oxygen atoms in total. The first kappa shape index (κ1) is 8.33. The Labute approximate surface area is 66.2 Å². The lowest BCUT2D eigenvalue weighted by Crippen LogP contribution is -2.27. The second-order valence-electron chi connectivity index (χ2n) is 2.66. The molecule has 0 saturated carbocycles. The number of nitrogens with two attached hydrogens (primary N) is 1. The molecule has 0 amide bonds. The molecule has 1 rings (SSSR count). The summed E-state index contributed by atoms with van der Waals surface area (Å²) in [5, 5.41) is 6.81. The molecule has 64 valence electrons. The Balaban J connectivity index is 2.09. The summed E-state index contributed by atoms with van der Waals surface area (Å²) in [4.78, 5) is 0. The molecule has 0 aromatic carbocycles. The highest BCUT2D eigenvalue weighted by molar-refractivity contribution is 5.67. The SMILES string of the molecule is N=C(N)OCC1CCCCO1. The van der Waals surface area contributed by atoms with E-state index < -0.39 is 0 Å². The van der Waals surface area contributed by atoms with Crippen molar-refractivity contribution in [2.75, 3.05) is 13.2 Å².